The van der Waals surface area contributed by atoms with E-state index in [-0.39, 0.29) is 81.8 Å². The first kappa shape index (κ1) is 54.4. The Balaban J connectivity index is 0.000000178. The fourth-order valence-corrected chi connectivity index (χ4v) is 10.8. The van der Waals surface area contributed by atoms with Crippen molar-refractivity contribution in [3.8, 4) is 22.5 Å². The summed E-state index contributed by atoms with van der Waals surface area (Å²) < 4.78 is 66.6. The van der Waals surface area contributed by atoms with Crippen LogP contribution in [0.1, 0.15) is 45.4 Å². The van der Waals surface area contributed by atoms with Crippen molar-refractivity contribution in [2.24, 2.45) is 0 Å². The van der Waals surface area contributed by atoms with Gasteiger partial charge in [0.05, 0.1) is 20.8 Å². The van der Waals surface area contributed by atoms with Crippen molar-refractivity contribution < 1.29 is 31.9 Å². The van der Waals surface area contributed by atoms with Crippen LogP contribution in [0.3, 0.4) is 0 Å². The Morgan fingerprint density at radius 2 is 1.19 bits per heavy atom. The number of halogens is 7. The maximum absolute atomic E-state index is 16.3. The number of carbonyl (C=O) groups is 2. The number of carbonyl (C=O) groups excluding carboxylic acids is 2. The molecule has 0 spiro atoms. The van der Waals surface area contributed by atoms with Crippen LogP contribution in [-0.4, -0.2) is 122 Å². The Kier molecular flexibility index (Phi) is 15.2. The lowest BCUT2D eigenvalue weighted by atomic mass is 10.0. The Bertz CT molecular complexity index is 3890. The minimum atomic E-state index is -0.763. The second-order valence-electron chi connectivity index (χ2n) is 20.2. The van der Waals surface area contributed by atoms with Crippen LogP contribution < -0.4 is 9.80 Å². The zero-order valence-corrected chi connectivity index (χ0v) is 45.0. The number of rotatable bonds is 8. The molecule has 2 atom stereocenters. The monoisotopic (exact) mass is 1130 g/mol. The van der Waals surface area contributed by atoms with Gasteiger partial charge in [-0.3, -0.25) is 19.7 Å². The van der Waals surface area contributed by atoms with Gasteiger partial charge in [0, 0.05) is 79.5 Å². The topological polar surface area (TPSA) is 142 Å². The van der Waals surface area contributed by atoms with Crippen LogP contribution in [0.2, 0.25) is 15.3 Å². The number of fused-ring (bicyclic) bond motifs is 4. The van der Waals surface area contributed by atoms with Crippen molar-refractivity contribution in [2.75, 3.05) is 62.2 Å². The molecule has 2 saturated heterocycles. The van der Waals surface area contributed by atoms with Gasteiger partial charge in [-0.25, -0.2) is 50.5 Å². The second-order valence-corrected chi connectivity index (χ2v) is 21.3. The molecule has 3 aliphatic rings. The van der Waals surface area contributed by atoms with E-state index in [0.29, 0.717) is 87.1 Å². The molecular formula is C57H47Cl3F4N12O3. The highest BCUT2D eigenvalue weighted by molar-refractivity contribution is 6.37. The third kappa shape index (κ3) is 10.7. The molecule has 0 unspecified atom stereocenters. The van der Waals surface area contributed by atoms with Crippen LogP contribution in [0.5, 0.6) is 0 Å². The second kappa shape index (κ2) is 22.0. The highest BCUT2D eigenvalue weighted by Gasteiger charge is 2.38. The van der Waals surface area contributed by atoms with Crippen LogP contribution in [0.25, 0.3) is 75.6 Å². The number of aromatic nitrogens is 6. The molecule has 2 amide bonds. The van der Waals surface area contributed by atoms with Gasteiger partial charge < -0.3 is 29.1 Å². The van der Waals surface area contributed by atoms with Crippen molar-refractivity contribution in [3.05, 3.63) is 153 Å². The molecule has 0 radical (unpaired) electrons. The smallest absolute Gasteiger partial charge is 0.410 e. The molecule has 6 heterocycles. The van der Waals surface area contributed by atoms with Gasteiger partial charge in [0.25, 0.3) is 0 Å². The summed E-state index contributed by atoms with van der Waals surface area (Å²) in [4.78, 5) is 66.0. The van der Waals surface area contributed by atoms with Gasteiger partial charge in [-0.1, -0.05) is 78.3 Å². The summed E-state index contributed by atoms with van der Waals surface area (Å²) in [5, 5.41) is 2.33. The summed E-state index contributed by atoms with van der Waals surface area (Å²) in [5.41, 5.74) is 0.0163. The first-order valence-corrected chi connectivity index (χ1v) is 26.2. The summed E-state index contributed by atoms with van der Waals surface area (Å²) in [6.07, 6.45) is 5.57. The Morgan fingerprint density at radius 3 is 1.68 bits per heavy atom. The molecule has 11 rings (SSSR count). The Hall–Kier alpha value is -7.97. The Morgan fingerprint density at radius 1 is 0.696 bits per heavy atom. The molecule has 0 bridgehead atoms. The van der Waals surface area contributed by atoms with E-state index in [1.807, 2.05) is 9.80 Å². The number of pyridine rings is 2. The highest BCUT2D eigenvalue weighted by atomic mass is 35.5. The minimum absolute atomic E-state index is 0.0271. The fraction of sp³-hybridized carbons (Fsp3) is 0.298. The van der Waals surface area contributed by atoms with Gasteiger partial charge in [-0.15, -0.1) is 0 Å². The van der Waals surface area contributed by atoms with Crippen LogP contribution in [0, 0.1) is 36.4 Å². The first-order chi connectivity index (χ1) is 37.9. The number of nitrogens with zero attached hydrogens (tertiary/aromatic N) is 12. The largest absolute Gasteiger partial charge is 0.444 e. The maximum atomic E-state index is 16.3. The minimum Gasteiger partial charge on any atom is -0.444 e. The van der Waals surface area contributed by atoms with Crippen molar-refractivity contribution in [2.45, 2.75) is 57.2 Å². The molecule has 1 aliphatic carbocycles. The molecule has 4 aromatic heterocycles. The summed E-state index contributed by atoms with van der Waals surface area (Å²) in [5.74, 6) is -1.29. The molecule has 8 aromatic rings. The number of anilines is 2. The van der Waals surface area contributed by atoms with Gasteiger partial charge in [-0.2, -0.15) is 4.98 Å². The Labute approximate surface area is 466 Å². The SMILES string of the molecule is [C-]#[N+]C[C@H]1CN(c2nc(C3CC3)nc3c(F)c(-c4cccc5ccc(F)c(Cl)c45)ncc23)CCN1C(=O)C=C.[C-]#[N+]C[C@H]1CN(c2nc(Cl)nc3c(F)c(-c4cccc5ccc(F)c(Cl)c45)ncc23)CCN1C(=O)OC(C)(C)C. The molecule has 79 heavy (non-hydrogen) atoms. The molecule has 15 nitrogen and oxygen atoms in total. The molecule has 22 heteroatoms. The fourth-order valence-electron chi connectivity index (χ4n) is 10.1. The highest BCUT2D eigenvalue weighted by Crippen LogP contribution is 2.43. The zero-order valence-electron chi connectivity index (χ0n) is 42.8. The van der Waals surface area contributed by atoms with Crippen LogP contribution in [0.4, 0.5) is 34.0 Å². The molecule has 0 N–H and O–H groups in total. The average molecular weight is 1130 g/mol. The van der Waals surface area contributed by atoms with Crippen molar-refractivity contribution in [3.63, 3.8) is 0 Å². The van der Waals surface area contributed by atoms with E-state index in [9.17, 15) is 18.4 Å². The average Bonchev–Trinajstić information content (AvgIpc) is 4.36. The van der Waals surface area contributed by atoms with E-state index < -0.39 is 41.0 Å². The normalized spacial score (nSPS) is 16.7. The van der Waals surface area contributed by atoms with E-state index in [1.165, 1.54) is 35.5 Å². The van der Waals surface area contributed by atoms with E-state index in [4.69, 9.17) is 57.7 Å². The van der Waals surface area contributed by atoms with E-state index in [0.717, 1.165) is 12.8 Å². The van der Waals surface area contributed by atoms with Crippen LogP contribution >= 0.6 is 34.8 Å². The summed E-state index contributed by atoms with van der Waals surface area (Å²) >= 11 is 18.9. The molecule has 3 fully saturated rings. The number of hydrogen-bond acceptors (Lipinski definition) is 11. The molecule has 1 saturated carbocycles. The number of ether oxygens (including phenoxy) is 1. The summed E-state index contributed by atoms with van der Waals surface area (Å²) in [7, 11) is 0. The number of benzene rings is 4. The first-order valence-electron chi connectivity index (χ1n) is 25.1. The van der Waals surface area contributed by atoms with Crippen molar-refractivity contribution in [1.82, 2.24) is 39.7 Å². The summed E-state index contributed by atoms with van der Waals surface area (Å²) in [6.45, 7) is 25.9. The third-order valence-corrected chi connectivity index (χ3v) is 14.8. The third-order valence-electron chi connectivity index (χ3n) is 13.9. The van der Waals surface area contributed by atoms with E-state index >= 15 is 8.78 Å². The van der Waals surface area contributed by atoms with Crippen LogP contribution in [0.15, 0.2) is 85.7 Å². The molecule has 2 aliphatic heterocycles. The van der Waals surface area contributed by atoms with Gasteiger partial charge in [-0.05, 0) is 74.2 Å². The standard InChI is InChI=1S/C29H23ClF2N6O.C28H24Cl2F2N6O2/c1-3-22(39)38-12-11-37(15-18(38)13-33-2)29-20-14-34-26(25(32)27(20)35-28(36-29)17-7-8-17)19-6-4-5-16-9-10-21(31)24(30)23(16)19;1-28(2,3)40-27(39)38-11-10-37(14-16(38)12-33-4)25-18-13-34-23(22(32)24(18)35-26(30)36-25)17-7-5-6-15-8-9-19(31)21(29)20(15)17/h3-6,9-10,14,17-18H,1,7-8,11-13,15H2;5-9,13,16H,10-12,14H2,1-3H3/t18-;16-/m00/s1. The molecule has 402 valence electrons. The molecular weight excluding hydrogens is 1080 g/mol. The predicted octanol–water partition coefficient (Wildman–Crippen LogP) is 12.6. The predicted molar refractivity (Wildman–Crippen MR) is 297 cm³/mol. The quantitative estimate of drug-likeness (QED) is 0.0621. The number of piperazine rings is 2. The lowest BCUT2D eigenvalue weighted by Gasteiger charge is -2.40. The summed E-state index contributed by atoms with van der Waals surface area (Å²) in [6, 6.07) is 15.1. The van der Waals surface area contributed by atoms with Gasteiger partial charge in [0.2, 0.25) is 24.3 Å². The number of hydrogen-bond donors (Lipinski definition) is 0. The van der Waals surface area contributed by atoms with Crippen molar-refractivity contribution in [1.29, 1.82) is 0 Å². The van der Waals surface area contributed by atoms with E-state index in [1.54, 1.807) is 74.2 Å². The zero-order chi connectivity index (χ0) is 56.0. The molecule has 4 aromatic carbocycles. The van der Waals surface area contributed by atoms with E-state index in [2.05, 4.69) is 41.2 Å². The maximum Gasteiger partial charge on any atom is 0.410 e. The lowest BCUT2D eigenvalue weighted by Crippen LogP contribution is -2.57. The van der Waals surface area contributed by atoms with Gasteiger partial charge in [0.15, 0.2) is 11.6 Å². The van der Waals surface area contributed by atoms with Gasteiger partial charge >= 0.3 is 6.09 Å². The van der Waals surface area contributed by atoms with Crippen LogP contribution in [-0.2, 0) is 9.53 Å². The van der Waals surface area contributed by atoms with Crippen molar-refractivity contribution >= 4 is 102 Å². The van der Waals surface area contributed by atoms with Gasteiger partial charge in [0.1, 0.15) is 69.2 Å². The lowest BCUT2D eigenvalue weighted by molar-refractivity contribution is -0.128. The number of amides is 2.